The normalized spacial score (nSPS) is 19.0. The number of nitrogens with zero attached hydrogens (tertiary/aromatic N) is 4. The number of piperazine rings is 1. The second kappa shape index (κ2) is 11.7. The maximum atomic E-state index is 13.1. The summed E-state index contributed by atoms with van der Waals surface area (Å²) >= 11 is 0. The van der Waals surface area contributed by atoms with E-state index < -0.39 is 0 Å². The van der Waals surface area contributed by atoms with Gasteiger partial charge in [-0.15, -0.1) is 24.0 Å². The fourth-order valence-electron chi connectivity index (χ4n) is 3.38. The van der Waals surface area contributed by atoms with Crippen molar-refractivity contribution in [1.82, 2.24) is 15.1 Å². The van der Waals surface area contributed by atoms with Crippen molar-refractivity contribution in [3.8, 4) is 0 Å². The molecule has 0 unspecified atom stereocenters. The van der Waals surface area contributed by atoms with Crippen molar-refractivity contribution in [3.63, 3.8) is 0 Å². The van der Waals surface area contributed by atoms with Gasteiger partial charge in [0.25, 0.3) is 0 Å². The van der Waals surface area contributed by atoms with Crippen molar-refractivity contribution >= 4 is 35.6 Å². The number of hydrogen-bond acceptors (Lipinski definition) is 4. The van der Waals surface area contributed by atoms with Gasteiger partial charge in [0.05, 0.1) is 19.8 Å². The first-order chi connectivity index (χ1) is 12.8. The number of aliphatic imine (C=N–C) groups is 1. The van der Waals surface area contributed by atoms with E-state index in [0.717, 1.165) is 83.8 Å². The molecule has 0 amide bonds. The van der Waals surface area contributed by atoms with Crippen LogP contribution >= 0.6 is 24.0 Å². The Kier molecular flexibility index (Phi) is 9.57. The molecule has 2 heterocycles. The van der Waals surface area contributed by atoms with Crippen molar-refractivity contribution in [2.45, 2.75) is 6.92 Å². The Labute approximate surface area is 178 Å². The molecular formula is C19H31FIN5O. The van der Waals surface area contributed by atoms with Crippen LogP contribution in [0, 0.1) is 5.82 Å². The average molecular weight is 491 g/mol. The van der Waals surface area contributed by atoms with E-state index in [1.165, 1.54) is 12.1 Å². The van der Waals surface area contributed by atoms with Gasteiger partial charge in [-0.2, -0.15) is 0 Å². The quantitative estimate of drug-likeness (QED) is 0.387. The number of guanidine groups is 1. The molecule has 0 aliphatic carbocycles. The Balaban J connectivity index is 0.00000261. The second-order valence-electron chi connectivity index (χ2n) is 6.64. The number of hydrogen-bond donors (Lipinski definition) is 1. The minimum Gasteiger partial charge on any atom is -0.379 e. The van der Waals surface area contributed by atoms with Crippen LogP contribution in [0.3, 0.4) is 0 Å². The van der Waals surface area contributed by atoms with Crippen LogP contribution < -0.4 is 10.2 Å². The van der Waals surface area contributed by atoms with Gasteiger partial charge in [-0.05, 0) is 31.2 Å². The largest absolute Gasteiger partial charge is 0.379 e. The summed E-state index contributed by atoms with van der Waals surface area (Å²) in [6.45, 7) is 12.1. The van der Waals surface area contributed by atoms with E-state index in [1.807, 2.05) is 12.1 Å². The molecule has 0 aromatic heterocycles. The van der Waals surface area contributed by atoms with Gasteiger partial charge in [0.15, 0.2) is 5.96 Å². The molecule has 2 saturated heterocycles. The van der Waals surface area contributed by atoms with E-state index >= 15 is 0 Å². The van der Waals surface area contributed by atoms with Crippen molar-refractivity contribution in [2.24, 2.45) is 4.99 Å². The van der Waals surface area contributed by atoms with Gasteiger partial charge in [0.1, 0.15) is 5.82 Å². The fourth-order valence-corrected chi connectivity index (χ4v) is 3.38. The zero-order chi connectivity index (χ0) is 18.2. The molecule has 2 aliphatic heterocycles. The predicted octanol–water partition coefficient (Wildman–Crippen LogP) is 1.86. The van der Waals surface area contributed by atoms with Gasteiger partial charge in [-0.1, -0.05) is 0 Å². The topological polar surface area (TPSA) is 43.3 Å². The number of nitrogens with one attached hydrogen (secondary N) is 1. The van der Waals surface area contributed by atoms with E-state index in [-0.39, 0.29) is 29.8 Å². The highest BCUT2D eigenvalue weighted by molar-refractivity contribution is 14.0. The molecule has 6 nitrogen and oxygen atoms in total. The van der Waals surface area contributed by atoms with Gasteiger partial charge in [-0.25, -0.2) is 4.39 Å². The van der Waals surface area contributed by atoms with E-state index in [2.05, 4.69) is 26.9 Å². The molecular weight excluding hydrogens is 460 g/mol. The standard InChI is InChI=1S/C19H30FN5O.HI/c1-2-21-19(22-7-8-23-13-15-26-16-14-23)25-11-9-24(10-12-25)18-5-3-17(20)4-6-18;/h3-6H,2,7-16H2,1H3,(H,21,22);1H. The molecule has 1 aromatic carbocycles. The van der Waals surface area contributed by atoms with Gasteiger partial charge in [0.2, 0.25) is 0 Å². The van der Waals surface area contributed by atoms with E-state index in [9.17, 15) is 4.39 Å². The highest BCUT2D eigenvalue weighted by Crippen LogP contribution is 2.17. The smallest absolute Gasteiger partial charge is 0.194 e. The Morgan fingerprint density at radius 3 is 2.37 bits per heavy atom. The number of halogens is 2. The average Bonchev–Trinajstić information content (AvgIpc) is 2.69. The minimum atomic E-state index is -0.186. The molecule has 152 valence electrons. The third kappa shape index (κ3) is 6.76. The second-order valence-corrected chi connectivity index (χ2v) is 6.64. The monoisotopic (exact) mass is 491 g/mol. The summed E-state index contributed by atoms with van der Waals surface area (Å²) in [5, 5.41) is 3.42. The number of rotatable bonds is 5. The number of ether oxygens (including phenoxy) is 1. The summed E-state index contributed by atoms with van der Waals surface area (Å²) < 4.78 is 18.5. The zero-order valence-electron chi connectivity index (χ0n) is 16.1. The Morgan fingerprint density at radius 1 is 1.07 bits per heavy atom. The highest BCUT2D eigenvalue weighted by atomic mass is 127. The summed E-state index contributed by atoms with van der Waals surface area (Å²) in [5.74, 6) is 0.814. The lowest BCUT2D eigenvalue weighted by atomic mass is 10.2. The van der Waals surface area contributed by atoms with E-state index in [0.29, 0.717) is 0 Å². The summed E-state index contributed by atoms with van der Waals surface area (Å²) in [6, 6.07) is 6.76. The maximum absolute atomic E-state index is 13.1. The third-order valence-electron chi connectivity index (χ3n) is 4.89. The Hall–Kier alpha value is -1.13. The van der Waals surface area contributed by atoms with Crippen molar-refractivity contribution in [1.29, 1.82) is 0 Å². The van der Waals surface area contributed by atoms with Crippen molar-refractivity contribution < 1.29 is 9.13 Å². The van der Waals surface area contributed by atoms with E-state index in [1.54, 1.807) is 0 Å². The molecule has 1 aromatic rings. The molecule has 0 bridgehead atoms. The molecule has 0 saturated carbocycles. The molecule has 1 N–H and O–H groups in total. The minimum absolute atomic E-state index is 0. The van der Waals surface area contributed by atoms with Crippen LogP contribution in [0.2, 0.25) is 0 Å². The first-order valence-corrected chi connectivity index (χ1v) is 9.60. The van der Waals surface area contributed by atoms with Gasteiger partial charge < -0.3 is 19.9 Å². The van der Waals surface area contributed by atoms with Crippen LogP contribution in [0.1, 0.15) is 6.92 Å². The molecule has 0 atom stereocenters. The van der Waals surface area contributed by atoms with E-state index in [4.69, 9.17) is 9.73 Å². The fraction of sp³-hybridized carbons (Fsp3) is 0.632. The molecule has 8 heteroatoms. The lowest BCUT2D eigenvalue weighted by molar-refractivity contribution is 0.0394. The van der Waals surface area contributed by atoms with Crippen LogP contribution in [0.4, 0.5) is 10.1 Å². The highest BCUT2D eigenvalue weighted by Gasteiger charge is 2.20. The number of benzene rings is 1. The van der Waals surface area contributed by atoms with Crippen LogP contribution in [-0.4, -0.2) is 87.9 Å². The van der Waals surface area contributed by atoms with Gasteiger partial charge >= 0.3 is 0 Å². The van der Waals surface area contributed by atoms with Crippen molar-refractivity contribution in [2.75, 3.05) is 77.0 Å². The molecule has 2 aliphatic rings. The molecule has 2 fully saturated rings. The first-order valence-electron chi connectivity index (χ1n) is 9.60. The van der Waals surface area contributed by atoms with Gasteiger partial charge in [0, 0.05) is 58.0 Å². The summed E-state index contributed by atoms with van der Waals surface area (Å²) in [7, 11) is 0. The molecule has 3 rings (SSSR count). The van der Waals surface area contributed by atoms with Gasteiger partial charge in [-0.3, -0.25) is 9.89 Å². The summed E-state index contributed by atoms with van der Waals surface area (Å²) in [5.41, 5.74) is 1.08. The Morgan fingerprint density at radius 2 is 1.74 bits per heavy atom. The maximum Gasteiger partial charge on any atom is 0.194 e. The molecule has 0 spiro atoms. The zero-order valence-corrected chi connectivity index (χ0v) is 18.4. The SMILES string of the molecule is CCNC(=NCCN1CCOCC1)N1CCN(c2ccc(F)cc2)CC1.I. The van der Waals surface area contributed by atoms with Crippen LogP contribution in [0.15, 0.2) is 29.3 Å². The first kappa shape index (κ1) is 22.2. The molecule has 27 heavy (non-hydrogen) atoms. The molecule has 0 radical (unpaired) electrons. The van der Waals surface area contributed by atoms with Crippen LogP contribution in [0.25, 0.3) is 0 Å². The lowest BCUT2D eigenvalue weighted by Gasteiger charge is -2.37. The summed E-state index contributed by atoms with van der Waals surface area (Å²) in [4.78, 5) is 11.8. The third-order valence-corrected chi connectivity index (χ3v) is 4.89. The lowest BCUT2D eigenvalue weighted by Crippen LogP contribution is -2.52. The summed E-state index contributed by atoms with van der Waals surface area (Å²) in [6.07, 6.45) is 0. The van der Waals surface area contributed by atoms with Crippen molar-refractivity contribution in [3.05, 3.63) is 30.1 Å². The van der Waals surface area contributed by atoms with Crippen LogP contribution in [0.5, 0.6) is 0 Å². The predicted molar refractivity (Wildman–Crippen MR) is 119 cm³/mol. The number of morpholine rings is 1. The van der Waals surface area contributed by atoms with Crippen LogP contribution in [-0.2, 0) is 4.74 Å². The Bertz CT molecular complexity index is 572. The number of anilines is 1.